The van der Waals surface area contributed by atoms with E-state index in [1.807, 2.05) is 25.7 Å². The summed E-state index contributed by atoms with van der Waals surface area (Å²) in [6.45, 7) is 7.41. The number of esters is 1. The van der Waals surface area contributed by atoms with Gasteiger partial charge in [0, 0.05) is 6.42 Å². The van der Waals surface area contributed by atoms with E-state index in [0.717, 1.165) is 25.9 Å². The molecule has 1 aliphatic rings. The number of carboxylic acids is 1. The monoisotopic (exact) mass is 257 g/mol. The van der Waals surface area contributed by atoms with Crippen LogP contribution in [0.5, 0.6) is 0 Å². The second-order valence-corrected chi connectivity index (χ2v) is 5.90. The first-order valence-electron chi connectivity index (χ1n) is 6.42. The summed E-state index contributed by atoms with van der Waals surface area (Å²) in [6, 6.07) is 0. The Kier molecular flexibility index (Phi) is 5.14. The minimum Gasteiger partial charge on any atom is -0.481 e. The van der Waals surface area contributed by atoms with Gasteiger partial charge in [0.1, 0.15) is 5.60 Å². The van der Waals surface area contributed by atoms with Gasteiger partial charge in [-0.25, -0.2) is 0 Å². The average Bonchev–Trinajstić information content (AvgIpc) is 2.17. The molecule has 1 heterocycles. The summed E-state index contributed by atoms with van der Waals surface area (Å²) >= 11 is 0. The van der Waals surface area contributed by atoms with Gasteiger partial charge in [-0.1, -0.05) is 0 Å². The van der Waals surface area contributed by atoms with Crippen molar-refractivity contribution in [2.45, 2.75) is 45.6 Å². The zero-order valence-electron chi connectivity index (χ0n) is 11.4. The van der Waals surface area contributed by atoms with Gasteiger partial charge in [0.15, 0.2) is 0 Å². The van der Waals surface area contributed by atoms with Crippen molar-refractivity contribution in [1.82, 2.24) is 4.90 Å². The number of aliphatic carboxylic acids is 1. The molecule has 0 amide bonds. The highest BCUT2D eigenvalue weighted by molar-refractivity contribution is 5.72. The van der Waals surface area contributed by atoms with Crippen LogP contribution in [0, 0.1) is 5.92 Å². The summed E-state index contributed by atoms with van der Waals surface area (Å²) in [4.78, 5) is 24.3. The molecule has 0 saturated carbocycles. The van der Waals surface area contributed by atoms with Gasteiger partial charge in [0.2, 0.25) is 0 Å². The maximum absolute atomic E-state index is 11.6. The number of nitrogens with zero attached hydrogens (tertiary/aromatic N) is 1. The minimum atomic E-state index is -0.736. The van der Waals surface area contributed by atoms with Crippen LogP contribution in [0.25, 0.3) is 0 Å². The molecule has 0 bridgehead atoms. The van der Waals surface area contributed by atoms with Gasteiger partial charge in [0.05, 0.1) is 6.54 Å². The van der Waals surface area contributed by atoms with E-state index in [1.54, 1.807) is 0 Å². The topological polar surface area (TPSA) is 66.8 Å². The van der Waals surface area contributed by atoms with E-state index in [2.05, 4.69) is 0 Å². The number of hydrogen-bond acceptors (Lipinski definition) is 4. The van der Waals surface area contributed by atoms with Crippen LogP contribution in [0.15, 0.2) is 0 Å². The summed E-state index contributed by atoms with van der Waals surface area (Å²) in [5.74, 6) is -0.697. The second-order valence-electron chi connectivity index (χ2n) is 5.90. The van der Waals surface area contributed by atoms with Crippen molar-refractivity contribution in [3.8, 4) is 0 Å². The molecule has 0 aromatic heterocycles. The van der Waals surface area contributed by atoms with Gasteiger partial charge in [-0.15, -0.1) is 0 Å². The standard InChI is InChI=1S/C13H23NO4/c1-13(2,3)18-12(17)9-14-6-4-10(5-7-14)8-11(15)16/h10H,4-9H2,1-3H3,(H,15,16). The van der Waals surface area contributed by atoms with Gasteiger partial charge >= 0.3 is 11.9 Å². The molecule has 1 rings (SSSR count). The van der Waals surface area contributed by atoms with Crippen molar-refractivity contribution in [3.05, 3.63) is 0 Å². The Balaban J connectivity index is 2.27. The number of likely N-dealkylation sites (tertiary alicyclic amines) is 1. The number of hydrogen-bond donors (Lipinski definition) is 1. The van der Waals surface area contributed by atoms with Gasteiger partial charge < -0.3 is 9.84 Å². The fourth-order valence-corrected chi connectivity index (χ4v) is 2.15. The number of piperidine rings is 1. The van der Waals surface area contributed by atoms with Crippen LogP contribution in [0.2, 0.25) is 0 Å². The Bertz CT molecular complexity index is 301. The molecule has 0 unspecified atom stereocenters. The molecule has 0 radical (unpaired) electrons. The fraction of sp³-hybridized carbons (Fsp3) is 0.846. The first kappa shape index (κ1) is 15.0. The van der Waals surface area contributed by atoms with Crippen molar-refractivity contribution in [3.63, 3.8) is 0 Å². The van der Waals surface area contributed by atoms with Crippen LogP contribution >= 0.6 is 0 Å². The smallest absolute Gasteiger partial charge is 0.320 e. The summed E-state index contributed by atoms with van der Waals surface area (Å²) in [6.07, 6.45) is 1.92. The van der Waals surface area contributed by atoms with E-state index < -0.39 is 11.6 Å². The maximum Gasteiger partial charge on any atom is 0.320 e. The number of rotatable bonds is 4. The quantitative estimate of drug-likeness (QED) is 0.773. The Morgan fingerprint density at radius 1 is 1.28 bits per heavy atom. The highest BCUT2D eigenvalue weighted by atomic mass is 16.6. The van der Waals surface area contributed by atoms with E-state index >= 15 is 0 Å². The molecule has 0 aromatic carbocycles. The van der Waals surface area contributed by atoms with E-state index in [0.29, 0.717) is 6.54 Å². The number of carbonyl (C=O) groups is 2. The number of ether oxygens (including phenoxy) is 1. The third-order valence-corrected chi connectivity index (χ3v) is 2.94. The van der Waals surface area contributed by atoms with Gasteiger partial charge in [-0.3, -0.25) is 14.5 Å². The Hall–Kier alpha value is -1.10. The van der Waals surface area contributed by atoms with Crippen molar-refractivity contribution < 1.29 is 19.4 Å². The predicted octanol–water partition coefficient (Wildman–Crippen LogP) is 1.51. The lowest BCUT2D eigenvalue weighted by atomic mass is 9.94. The van der Waals surface area contributed by atoms with Crippen LogP contribution in [-0.4, -0.2) is 47.2 Å². The Morgan fingerprint density at radius 3 is 2.28 bits per heavy atom. The molecule has 1 aliphatic heterocycles. The predicted molar refractivity (Wildman–Crippen MR) is 67.3 cm³/mol. The molecule has 0 atom stereocenters. The van der Waals surface area contributed by atoms with Crippen molar-refractivity contribution in [2.75, 3.05) is 19.6 Å². The van der Waals surface area contributed by atoms with Gasteiger partial charge in [-0.05, 0) is 52.6 Å². The van der Waals surface area contributed by atoms with Crippen molar-refractivity contribution >= 4 is 11.9 Å². The van der Waals surface area contributed by atoms with Crippen LogP contribution in [-0.2, 0) is 14.3 Å². The lowest BCUT2D eigenvalue weighted by molar-refractivity contribution is -0.156. The van der Waals surface area contributed by atoms with Crippen molar-refractivity contribution in [2.24, 2.45) is 5.92 Å². The van der Waals surface area contributed by atoms with Crippen LogP contribution in [0.1, 0.15) is 40.0 Å². The number of carboxylic acid groups (broad SMARTS) is 1. The Labute approximate surface area is 108 Å². The first-order chi connectivity index (χ1) is 8.26. The summed E-state index contributed by atoms with van der Waals surface area (Å²) in [7, 11) is 0. The molecular weight excluding hydrogens is 234 g/mol. The normalized spacial score (nSPS) is 18.6. The highest BCUT2D eigenvalue weighted by Crippen LogP contribution is 2.20. The largest absolute Gasteiger partial charge is 0.481 e. The molecule has 5 heteroatoms. The molecule has 18 heavy (non-hydrogen) atoms. The summed E-state index contributed by atoms with van der Waals surface area (Å²) < 4.78 is 5.26. The van der Waals surface area contributed by atoms with E-state index in [1.165, 1.54) is 0 Å². The minimum absolute atomic E-state index is 0.209. The third-order valence-electron chi connectivity index (χ3n) is 2.94. The van der Waals surface area contributed by atoms with E-state index in [4.69, 9.17) is 9.84 Å². The average molecular weight is 257 g/mol. The first-order valence-corrected chi connectivity index (χ1v) is 6.42. The maximum atomic E-state index is 11.6. The molecule has 0 aliphatic carbocycles. The Morgan fingerprint density at radius 2 is 1.83 bits per heavy atom. The lowest BCUT2D eigenvalue weighted by Gasteiger charge is -2.31. The van der Waals surface area contributed by atoms with Crippen LogP contribution < -0.4 is 0 Å². The summed E-state index contributed by atoms with van der Waals surface area (Å²) in [5.41, 5.74) is -0.446. The third kappa shape index (κ3) is 6.00. The lowest BCUT2D eigenvalue weighted by Crippen LogP contribution is -2.40. The second kappa shape index (κ2) is 6.18. The molecular formula is C13H23NO4. The highest BCUT2D eigenvalue weighted by Gasteiger charge is 2.24. The van der Waals surface area contributed by atoms with Gasteiger partial charge in [-0.2, -0.15) is 0 Å². The fourth-order valence-electron chi connectivity index (χ4n) is 2.15. The number of carbonyl (C=O) groups excluding carboxylic acids is 1. The molecule has 1 fully saturated rings. The van der Waals surface area contributed by atoms with Gasteiger partial charge in [0.25, 0.3) is 0 Å². The SMILES string of the molecule is CC(C)(C)OC(=O)CN1CCC(CC(=O)O)CC1. The van der Waals surface area contributed by atoms with E-state index in [-0.39, 0.29) is 18.3 Å². The zero-order valence-corrected chi connectivity index (χ0v) is 11.4. The van der Waals surface area contributed by atoms with Crippen LogP contribution in [0.3, 0.4) is 0 Å². The molecule has 0 aromatic rings. The van der Waals surface area contributed by atoms with E-state index in [9.17, 15) is 9.59 Å². The van der Waals surface area contributed by atoms with Crippen LogP contribution in [0.4, 0.5) is 0 Å². The van der Waals surface area contributed by atoms with Crippen molar-refractivity contribution in [1.29, 1.82) is 0 Å². The molecule has 5 nitrogen and oxygen atoms in total. The molecule has 0 spiro atoms. The summed E-state index contributed by atoms with van der Waals surface area (Å²) in [5, 5.41) is 8.72. The molecule has 1 N–H and O–H groups in total. The molecule has 104 valence electrons. The zero-order chi connectivity index (χ0) is 13.8. The molecule has 1 saturated heterocycles.